The smallest absolute Gasteiger partial charge is 0.261 e. The quantitative estimate of drug-likeness (QED) is 0.777. The van der Waals surface area contributed by atoms with Gasteiger partial charge < -0.3 is 9.80 Å². The molecule has 27 heavy (non-hydrogen) atoms. The van der Waals surface area contributed by atoms with Crippen molar-refractivity contribution >= 4 is 23.4 Å². The molecule has 0 unspecified atom stereocenters. The molecule has 1 saturated heterocycles. The predicted octanol–water partition coefficient (Wildman–Crippen LogP) is 1.56. The molecule has 0 spiro atoms. The van der Waals surface area contributed by atoms with Gasteiger partial charge in [-0.1, -0.05) is 36.4 Å². The molecule has 0 N–H and O–H groups in total. The van der Waals surface area contributed by atoms with Crippen molar-refractivity contribution < 1.29 is 14.4 Å². The zero-order chi connectivity index (χ0) is 18.8. The number of anilines is 1. The normalized spacial score (nSPS) is 17.1. The number of fused-ring (bicyclic) bond motifs is 1. The van der Waals surface area contributed by atoms with Crippen LogP contribution >= 0.6 is 0 Å². The Morgan fingerprint density at radius 3 is 2.26 bits per heavy atom. The zero-order valence-corrected chi connectivity index (χ0v) is 15.0. The average molecular weight is 363 g/mol. The minimum atomic E-state index is -0.377. The molecule has 0 bridgehead atoms. The maximum Gasteiger partial charge on any atom is 0.261 e. The topological polar surface area (TPSA) is 60.9 Å². The third-order valence-corrected chi connectivity index (χ3v) is 5.18. The van der Waals surface area contributed by atoms with E-state index in [0.29, 0.717) is 18.7 Å². The van der Waals surface area contributed by atoms with Crippen LogP contribution < -0.4 is 4.90 Å². The van der Waals surface area contributed by atoms with Gasteiger partial charge in [0.25, 0.3) is 5.91 Å². The number of amides is 3. The summed E-state index contributed by atoms with van der Waals surface area (Å²) in [5, 5.41) is 0. The second-order valence-corrected chi connectivity index (χ2v) is 6.82. The standard InChI is InChI=1S/C21H21N3O3/c25-19-14-16-6-4-5-9-18(16)21(27)24(19)15-20(26)23-12-10-22(11-13-23)17-7-2-1-3-8-17/h1-9H,10-15H2. The van der Waals surface area contributed by atoms with E-state index in [1.54, 1.807) is 23.1 Å². The first-order chi connectivity index (χ1) is 13.1. The summed E-state index contributed by atoms with van der Waals surface area (Å²) < 4.78 is 0. The molecule has 6 heteroatoms. The van der Waals surface area contributed by atoms with Crippen molar-refractivity contribution in [1.82, 2.24) is 9.80 Å². The Labute approximate surface area is 158 Å². The molecule has 2 aromatic rings. The molecular formula is C21H21N3O3. The first-order valence-corrected chi connectivity index (χ1v) is 9.14. The summed E-state index contributed by atoms with van der Waals surface area (Å²) in [4.78, 5) is 42.7. The molecule has 2 heterocycles. The van der Waals surface area contributed by atoms with Crippen molar-refractivity contribution in [3.8, 4) is 0 Å². The Morgan fingerprint density at radius 1 is 0.852 bits per heavy atom. The average Bonchev–Trinajstić information content (AvgIpc) is 2.72. The van der Waals surface area contributed by atoms with Crippen molar-refractivity contribution in [1.29, 1.82) is 0 Å². The van der Waals surface area contributed by atoms with Crippen LogP contribution in [-0.2, 0) is 16.0 Å². The molecule has 3 amide bonds. The van der Waals surface area contributed by atoms with Gasteiger partial charge in [-0.3, -0.25) is 19.3 Å². The van der Waals surface area contributed by atoms with Crippen molar-refractivity contribution in [2.75, 3.05) is 37.6 Å². The number of rotatable bonds is 3. The SMILES string of the molecule is O=C(CN1C(=O)Cc2ccccc2C1=O)N1CCN(c2ccccc2)CC1. The fourth-order valence-electron chi connectivity index (χ4n) is 3.65. The number of piperazine rings is 1. The minimum absolute atomic E-state index is 0.164. The Hall–Kier alpha value is -3.15. The monoisotopic (exact) mass is 363 g/mol. The van der Waals surface area contributed by atoms with E-state index >= 15 is 0 Å². The second kappa shape index (κ2) is 7.23. The number of para-hydroxylation sites is 1. The number of carbonyl (C=O) groups is 3. The first-order valence-electron chi connectivity index (χ1n) is 9.14. The van der Waals surface area contributed by atoms with Gasteiger partial charge in [-0.2, -0.15) is 0 Å². The summed E-state index contributed by atoms with van der Waals surface area (Å²) in [6.45, 7) is 2.46. The van der Waals surface area contributed by atoms with Gasteiger partial charge in [0.05, 0.1) is 6.42 Å². The number of imide groups is 1. The first kappa shape index (κ1) is 17.3. The lowest BCUT2D eigenvalue weighted by Gasteiger charge is -2.37. The van der Waals surface area contributed by atoms with Gasteiger partial charge in [-0.15, -0.1) is 0 Å². The summed E-state index contributed by atoms with van der Waals surface area (Å²) in [7, 11) is 0. The van der Waals surface area contributed by atoms with Crippen LogP contribution in [-0.4, -0.2) is 60.2 Å². The number of hydrogen-bond acceptors (Lipinski definition) is 4. The van der Waals surface area contributed by atoms with Crippen molar-refractivity contribution in [2.24, 2.45) is 0 Å². The third kappa shape index (κ3) is 3.43. The molecule has 0 aliphatic carbocycles. The van der Waals surface area contributed by atoms with Crippen LogP contribution in [0.3, 0.4) is 0 Å². The van der Waals surface area contributed by atoms with E-state index < -0.39 is 0 Å². The molecule has 138 valence electrons. The molecule has 0 atom stereocenters. The Kier molecular flexibility index (Phi) is 4.62. The molecule has 2 aliphatic heterocycles. The van der Waals surface area contributed by atoms with Crippen molar-refractivity contribution in [2.45, 2.75) is 6.42 Å². The highest BCUT2D eigenvalue weighted by atomic mass is 16.2. The van der Waals surface area contributed by atoms with E-state index in [0.717, 1.165) is 29.2 Å². The van der Waals surface area contributed by atoms with Gasteiger partial charge >= 0.3 is 0 Å². The second-order valence-electron chi connectivity index (χ2n) is 6.82. The van der Waals surface area contributed by atoms with E-state index in [9.17, 15) is 14.4 Å². The zero-order valence-electron chi connectivity index (χ0n) is 15.0. The largest absolute Gasteiger partial charge is 0.368 e. The van der Waals surface area contributed by atoms with Crippen LogP contribution in [0.15, 0.2) is 54.6 Å². The summed E-state index contributed by atoms with van der Waals surface area (Å²) >= 11 is 0. The lowest BCUT2D eigenvalue weighted by molar-refractivity contribution is -0.138. The van der Waals surface area contributed by atoms with Crippen LogP contribution in [0.2, 0.25) is 0 Å². The summed E-state index contributed by atoms with van der Waals surface area (Å²) in [6.07, 6.45) is 0.164. The lowest BCUT2D eigenvalue weighted by atomic mass is 9.98. The van der Waals surface area contributed by atoms with Gasteiger partial charge in [-0.25, -0.2) is 0 Å². The van der Waals surface area contributed by atoms with Gasteiger partial charge in [0.15, 0.2) is 0 Å². The van der Waals surface area contributed by atoms with E-state index in [2.05, 4.69) is 17.0 Å². The third-order valence-electron chi connectivity index (χ3n) is 5.18. The van der Waals surface area contributed by atoms with Crippen LogP contribution in [0.4, 0.5) is 5.69 Å². The summed E-state index contributed by atoms with van der Waals surface area (Å²) in [6, 6.07) is 17.2. The fourth-order valence-corrected chi connectivity index (χ4v) is 3.65. The van der Waals surface area contributed by atoms with E-state index in [1.165, 1.54) is 0 Å². The number of carbonyl (C=O) groups excluding carboxylic acids is 3. The highest BCUT2D eigenvalue weighted by Gasteiger charge is 2.33. The highest BCUT2D eigenvalue weighted by molar-refractivity contribution is 6.11. The Bertz CT molecular complexity index is 873. The molecule has 1 fully saturated rings. The molecule has 2 aromatic carbocycles. The summed E-state index contributed by atoms with van der Waals surface area (Å²) in [5.41, 5.74) is 2.38. The maximum atomic E-state index is 12.7. The van der Waals surface area contributed by atoms with Gasteiger partial charge in [0.1, 0.15) is 6.54 Å². The van der Waals surface area contributed by atoms with Gasteiger partial charge in [0.2, 0.25) is 11.8 Å². The van der Waals surface area contributed by atoms with Gasteiger partial charge in [0, 0.05) is 37.4 Å². The van der Waals surface area contributed by atoms with Gasteiger partial charge in [-0.05, 0) is 23.8 Å². The molecule has 6 nitrogen and oxygen atoms in total. The maximum absolute atomic E-state index is 12.7. The Balaban J connectivity index is 1.39. The molecular weight excluding hydrogens is 342 g/mol. The predicted molar refractivity (Wildman–Crippen MR) is 101 cm³/mol. The van der Waals surface area contributed by atoms with Crippen LogP contribution in [0.1, 0.15) is 15.9 Å². The van der Waals surface area contributed by atoms with Crippen molar-refractivity contribution in [3.63, 3.8) is 0 Å². The molecule has 4 rings (SSSR count). The highest BCUT2D eigenvalue weighted by Crippen LogP contribution is 2.20. The van der Waals surface area contributed by atoms with E-state index in [1.807, 2.05) is 24.3 Å². The van der Waals surface area contributed by atoms with Crippen LogP contribution in [0.25, 0.3) is 0 Å². The fraction of sp³-hybridized carbons (Fsp3) is 0.286. The molecule has 2 aliphatic rings. The van der Waals surface area contributed by atoms with E-state index in [-0.39, 0.29) is 30.7 Å². The number of hydrogen-bond donors (Lipinski definition) is 0. The molecule has 0 saturated carbocycles. The lowest BCUT2D eigenvalue weighted by Crippen LogP contribution is -2.53. The number of nitrogens with zero attached hydrogens (tertiary/aromatic N) is 3. The molecule has 0 radical (unpaired) electrons. The molecule has 0 aromatic heterocycles. The van der Waals surface area contributed by atoms with Crippen molar-refractivity contribution in [3.05, 3.63) is 65.7 Å². The number of benzene rings is 2. The minimum Gasteiger partial charge on any atom is -0.368 e. The van der Waals surface area contributed by atoms with Crippen LogP contribution in [0.5, 0.6) is 0 Å². The van der Waals surface area contributed by atoms with E-state index in [4.69, 9.17) is 0 Å². The Morgan fingerprint density at radius 2 is 1.52 bits per heavy atom. The summed E-state index contributed by atoms with van der Waals surface area (Å²) in [5.74, 6) is -0.864. The van der Waals surface area contributed by atoms with Crippen LogP contribution in [0, 0.1) is 0 Å².